The molecule has 3 aromatic carbocycles. The highest BCUT2D eigenvalue weighted by Crippen LogP contribution is 2.32. The highest BCUT2D eigenvalue weighted by molar-refractivity contribution is 5.87. The number of aromatic nitrogens is 6. The summed E-state index contributed by atoms with van der Waals surface area (Å²) in [6, 6.07) is 24.9. The lowest BCUT2D eigenvalue weighted by Gasteiger charge is -2.32. The number of piperidine rings is 1. The molecule has 7 rings (SSSR count). The predicted molar refractivity (Wildman–Crippen MR) is 158 cm³/mol. The van der Waals surface area contributed by atoms with Crippen LogP contribution in [0.5, 0.6) is 0 Å². The van der Waals surface area contributed by atoms with Gasteiger partial charge in [-0.2, -0.15) is 0 Å². The number of hydrogen-bond donors (Lipinski definition) is 2. The van der Waals surface area contributed by atoms with Crippen LogP contribution in [0.1, 0.15) is 24.4 Å². The van der Waals surface area contributed by atoms with Gasteiger partial charge in [-0.05, 0) is 36.6 Å². The Morgan fingerprint density at radius 2 is 1.48 bits per heavy atom. The fourth-order valence-corrected chi connectivity index (χ4v) is 5.59. The van der Waals surface area contributed by atoms with Gasteiger partial charge in [-0.25, -0.2) is 24.9 Å². The summed E-state index contributed by atoms with van der Waals surface area (Å²) in [4.78, 5) is 25.4. The average Bonchev–Trinajstić information content (AvgIpc) is 3.43. The van der Waals surface area contributed by atoms with Crippen molar-refractivity contribution in [2.75, 3.05) is 24.6 Å². The van der Waals surface area contributed by atoms with Gasteiger partial charge in [-0.1, -0.05) is 54.6 Å². The maximum absolute atomic E-state index is 6.03. The summed E-state index contributed by atoms with van der Waals surface area (Å²) >= 11 is 0. The summed E-state index contributed by atoms with van der Waals surface area (Å²) in [5.41, 5.74) is 20.9. The van der Waals surface area contributed by atoms with Gasteiger partial charge in [0.05, 0.1) is 28.7 Å². The number of nitrogen functional groups attached to an aromatic ring is 2. The monoisotopic (exact) mass is 527 g/mol. The van der Waals surface area contributed by atoms with Crippen molar-refractivity contribution in [3.8, 4) is 22.5 Å². The van der Waals surface area contributed by atoms with Crippen LogP contribution in [0.25, 0.3) is 44.7 Å². The number of rotatable bonds is 5. The van der Waals surface area contributed by atoms with Crippen molar-refractivity contribution in [3.63, 3.8) is 0 Å². The number of hydrogen-bond acceptors (Lipinski definition) is 8. The molecular weight excluding hydrogens is 498 g/mol. The van der Waals surface area contributed by atoms with Crippen LogP contribution in [0.3, 0.4) is 0 Å². The summed E-state index contributed by atoms with van der Waals surface area (Å²) in [7, 11) is 0. The van der Waals surface area contributed by atoms with Gasteiger partial charge in [0.15, 0.2) is 11.5 Å². The molecule has 198 valence electrons. The quantitative estimate of drug-likeness (QED) is 0.297. The summed E-state index contributed by atoms with van der Waals surface area (Å²) in [6.45, 7) is 2.91. The number of anilines is 2. The highest BCUT2D eigenvalue weighted by Gasteiger charge is 2.23. The molecule has 40 heavy (non-hydrogen) atoms. The third-order valence-electron chi connectivity index (χ3n) is 7.71. The first-order valence-corrected chi connectivity index (χ1v) is 13.5. The molecule has 0 aliphatic carbocycles. The Balaban J connectivity index is 1.09. The first-order chi connectivity index (χ1) is 19.6. The molecule has 0 radical (unpaired) electrons. The van der Waals surface area contributed by atoms with Gasteiger partial charge in [0.25, 0.3) is 0 Å². The Morgan fingerprint density at radius 1 is 0.750 bits per heavy atom. The van der Waals surface area contributed by atoms with E-state index in [1.54, 1.807) is 0 Å². The number of fused-ring (bicyclic) bond motifs is 2. The highest BCUT2D eigenvalue weighted by atomic mass is 15.2. The molecule has 0 atom stereocenters. The molecule has 4 heterocycles. The standard InChI is InChI=1S/C31H29N9/c32-23-10-11-25-26(16-23)38-27(21-4-2-1-3-5-21)28(37-25)22-8-6-20(7-9-22)17-39-14-12-24(13-15-39)40-19-36-29-30(33)34-18-35-31(29)40/h1-11,16,18-19,24H,12-15,17,32H2,(H2,33,34,35). The van der Waals surface area contributed by atoms with Crippen LogP contribution < -0.4 is 11.5 Å². The molecule has 9 heteroatoms. The lowest BCUT2D eigenvalue weighted by Crippen LogP contribution is -2.34. The molecule has 0 bridgehead atoms. The van der Waals surface area contributed by atoms with E-state index in [0.29, 0.717) is 23.1 Å². The van der Waals surface area contributed by atoms with E-state index in [0.717, 1.165) is 71.7 Å². The largest absolute Gasteiger partial charge is 0.399 e. The van der Waals surface area contributed by atoms with Gasteiger partial charge in [0.2, 0.25) is 0 Å². The molecule has 1 saturated heterocycles. The molecule has 0 spiro atoms. The normalized spacial score (nSPS) is 14.7. The Labute approximate surface area is 231 Å². The molecule has 0 unspecified atom stereocenters. The number of nitrogens with zero attached hydrogens (tertiary/aromatic N) is 7. The average molecular weight is 528 g/mol. The minimum absolute atomic E-state index is 0.358. The molecule has 3 aromatic heterocycles. The second-order valence-corrected chi connectivity index (χ2v) is 10.3. The molecule has 1 fully saturated rings. The third kappa shape index (κ3) is 4.50. The van der Waals surface area contributed by atoms with Crippen LogP contribution in [0.2, 0.25) is 0 Å². The Hall–Kier alpha value is -4.89. The van der Waals surface area contributed by atoms with Gasteiger partial charge < -0.3 is 16.0 Å². The molecule has 6 aromatic rings. The molecule has 0 saturated carbocycles. The van der Waals surface area contributed by atoms with Crippen LogP contribution >= 0.6 is 0 Å². The van der Waals surface area contributed by atoms with E-state index in [4.69, 9.17) is 21.4 Å². The molecule has 0 amide bonds. The number of benzene rings is 3. The predicted octanol–water partition coefficient (Wildman–Crippen LogP) is 5.11. The third-order valence-corrected chi connectivity index (χ3v) is 7.71. The maximum atomic E-state index is 6.03. The second kappa shape index (κ2) is 10.0. The second-order valence-electron chi connectivity index (χ2n) is 10.3. The van der Waals surface area contributed by atoms with Crippen molar-refractivity contribution in [1.82, 2.24) is 34.4 Å². The molecule has 4 N–H and O–H groups in total. The minimum Gasteiger partial charge on any atom is -0.399 e. The van der Waals surface area contributed by atoms with Crippen LogP contribution in [0, 0.1) is 0 Å². The Bertz CT molecular complexity index is 1800. The van der Waals surface area contributed by atoms with Gasteiger partial charge in [0.1, 0.15) is 11.8 Å². The van der Waals surface area contributed by atoms with E-state index in [1.807, 2.05) is 42.7 Å². The first-order valence-electron chi connectivity index (χ1n) is 13.5. The smallest absolute Gasteiger partial charge is 0.165 e. The minimum atomic E-state index is 0.358. The van der Waals surface area contributed by atoms with Gasteiger partial charge in [0, 0.05) is 42.5 Å². The van der Waals surface area contributed by atoms with Gasteiger partial charge >= 0.3 is 0 Å². The van der Waals surface area contributed by atoms with Crippen molar-refractivity contribution in [2.45, 2.75) is 25.4 Å². The fourth-order valence-electron chi connectivity index (χ4n) is 5.59. The van der Waals surface area contributed by atoms with Gasteiger partial charge in [-0.3, -0.25) is 4.90 Å². The SMILES string of the molecule is Nc1ccc2nc(-c3ccc(CN4CCC(n5cnc6c(N)ncnc65)CC4)cc3)c(-c3ccccc3)nc2c1. The van der Waals surface area contributed by atoms with Crippen molar-refractivity contribution < 1.29 is 0 Å². The van der Waals surface area contributed by atoms with Gasteiger partial charge in [-0.15, -0.1) is 0 Å². The van der Waals surface area contributed by atoms with Crippen LogP contribution in [-0.2, 0) is 6.54 Å². The van der Waals surface area contributed by atoms with Crippen LogP contribution in [0.4, 0.5) is 11.5 Å². The van der Waals surface area contributed by atoms with Crippen LogP contribution in [0.15, 0.2) is 85.5 Å². The fraction of sp³-hybridized carbons (Fsp3) is 0.194. The van der Waals surface area contributed by atoms with Crippen molar-refractivity contribution >= 4 is 33.7 Å². The topological polar surface area (TPSA) is 125 Å². The van der Waals surface area contributed by atoms with E-state index < -0.39 is 0 Å². The first kappa shape index (κ1) is 24.2. The Morgan fingerprint density at radius 3 is 2.25 bits per heavy atom. The zero-order chi connectivity index (χ0) is 27.1. The van der Waals surface area contributed by atoms with E-state index >= 15 is 0 Å². The zero-order valence-corrected chi connectivity index (χ0v) is 22.0. The summed E-state index contributed by atoms with van der Waals surface area (Å²) in [5.74, 6) is 0.430. The summed E-state index contributed by atoms with van der Waals surface area (Å²) < 4.78 is 2.16. The van der Waals surface area contributed by atoms with Crippen molar-refractivity contribution in [1.29, 1.82) is 0 Å². The Kier molecular flexibility index (Phi) is 6.05. The summed E-state index contributed by atoms with van der Waals surface area (Å²) in [5, 5.41) is 0. The van der Waals surface area contributed by atoms with E-state index in [-0.39, 0.29) is 0 Å². The summed E-state index contributed by atoms with van der Waals surface area (Å²) in [6.07, 6.45) is 5.43. The van der Waals surface area contributed by atoms with Crippen molar-refractivity contribution in [3.05, 3.63) is 91.0 Å². The van der Waals surface area contributed by atoms with Crippen LogP contribution in [-0.4, -0.2) is 47.5 Å². The number of nitrogens with two attached hydrogens (primary N) is 2. The number of likely N-dealkylation sites (tertiary alicyclic amines) is 1. The molecule has 1 aliphatic heterocycles. The molecule has 1 aliphatic rings. The number of imidazole rings is 1. The molecular formula is C31H29N9. The molecule has 9 nitrogen and oxygen atoms in total. The maximum Gasteiger partial charge on any atom is 0.165 e. The van der Waals surface area contributed by atoms with E-state index in [9.17, 15) is 0 Å². The van der Waals surface area contributed by atoms with E-state index in [2.05, 4.69) is 60.8 Å². The van der Waals surface area contributed by atoms with E-state index in [1.165, 1.54) is 11.9 Å². The zero-order valence-electron chi connectivity index (χ0n) is 22.0. The lowest BCUT2D eigenvalue weighted by atomic mass is 10.0. The lowest BCUT2D eigenvalue weighted by molar-refractivity contribution is 0.181. The van der Waals surface area contributed by atoms with Crippen molar-refractivity contribution in [2.24, 2.45) is 0 Å².